The van der Waals surface area contributed by atoms with Crippen molar-refractivity contribution in [2.24, 2.45) is 0 Å². The van der Waals surface area contributed by atoms with Gasteiger partial charge in [-0.3, -0.25) is 4.79 Å². The summed E-state index contributed by atoms with van der Waals surface area (Å²) in [5, 5.41) is 2.61. The summed E-state index contributed by atoms with van der Waals surface area (Å²) < 4.78 is 67.1. The fourth-order valence-electron chi connectivity index (χ4n) is 1.89. The number of benzene rings is 1. The van der Waals surface area contributed by atoms with Crippen LogP contribution in [-0.4, -0.2) is 46.8 Å². The Morgan fingerprint density at radius 3 is 2.54 bits per heavy atom. The minimum absolute atomic E-state index is 0.0479. The lowest BCUT2D eigenvalue weighted by Crippen LogP contribution is -2.34. The van der Waals surface area contributed by atoms with Gasteiger partial charge in [-0.05, 0) is 31.0 Å². The number of alkyl halides is 3. The Bertz CT molecular complexity index is 678. The van der Waals surface area contributed by atoms with Crippen LogP contribution in [0.1, 0.15) is 36.5 Å². The monoisotopic (exact) mass is 396 g/mol. The van der Waals surface area contributed by atoms with Gasteiger partial charge in [0.1, 0.15) is 6.54 Å². The van der Waals surface area contributed by atoms with Gasteiger partial charge in [-0.1, -0.05) is 19.4 Å². The molecule has 10 heteroatoms. The molecule has 0 aliphatic rings. The van der Waals surface area contributed by atoms with Crippen molar-refractivity contribution in [2.75, 3.05) is 26.3 Å². The quantitative estimate of drug-likeness (QED) is 0.563. The van der Waals surface area contributed by atoms with E-state index in [9.17, 15) is 26.4 Å². The van der Waals surface area contributed by atoms with Gasteiger partial charge < -0.3 is 10.1 Å². The second-order valence-corrected chi connectivity index (χ2v) is 7.31. The Morgan fingerprint density at radius 2 is 1.88 bits per heavy atom. The van der Waals surface area contributed by atoms with Gasteiger partial charge in [0.25, 0.3) is 5.91 Å². The number of carbonyl (C=O) groups is 1. The number of ether oxygens (including phenoxy) is 1. The third-order valence-corrected chi connectivity index (χ3v) is 4.66. The van der Waals surface area contributed by atoms with Gasteiger partial charge in [-0.25, -0.2) is 13.1 Å². The maximum Gasteiger partial charge on any atom is 0.402 e. The Labute approximate surface area is 151 Å². The first-order valence-corrected chi connectivity index (χ1v) is 9.66. The Kier molecular flexibility index (Phi) is 9.03. The summed E-state index contributed by atoms with van der Waals surface area (Å²) >= 11 is 0. The third kappa shape index (κ3) is 8.63. The molecule has 1 aromatic carbocycles. The van der Waals surface area contributed by atoms with Crippen LogP contribution in [0.3, 0.4) is 0 Å². The number of carbonyl (C=O) groups excluding carboxylic acids is 1. The van der Waals surface area contributed by atoms with Crippen molar-refractivity contribution in [1.29, 1.82) is 0 Å². The molecule has 6 nitrogen and oxygen atoms in total. The second kappa shape index (κ2) is 10.5. The second-order valence-electron chi connectivity index (χ2n) is 5.54. The first-order chi connectivity index (χ1) is 12.2. The highest BCUT2D eigenvalue weighted by molar-refractivity contribution is 7.89. The molecule has 0 radical (unpaired) electrons. The number of rotatable bonds is 11. The molecule has 1 aromatic rings. The van der Waals surface area contributed by atoms with Gasteiger partial charge in [-0.15, -0.1) is 0 Å². The first kappa shape index (κ1) is 22.4. The number of hydrogen-bond donors (Lipinski definition) is 2. The zero-order chi connectivity index (χ0) is 19.6. The van der Waals surface area contributed by atoms with Crippen LogP contribution in [0.2, 0.25) is 0 Å². The Morgan fingerprint density at radius 1 is 1.19 bits per heavy atom. The summed E-state index contributed by atoms with van der Waals surface area (Å²) in [5.74, 6) is -0.508. The number of sulfonamides is 1. The van der Waals surface area contributed by atoms with Gasteiger partial charge in [0.2, 0.25) is 10.0 Å². The van der Waals surface area contributed by atoms with E-state index in [1.165, 1.54) is 16.9 Å². The lowest BCUT2D eigenvalue weighted by atomic mass is 10.2. The molecule has 26 heavy (non-hydrogen) atoms. The minimum atomic E-state index is -4.67. The maximum atomic E-state index is 12.2. The summed E-state index contributed by atoms with van der Waals surface area (Å²) in [6.45, 7) is 1.87. The molecule has 0 saturated heterocycles. The molecule has 148 valence electrons. The van der Waals surface area contributed by atoms with Crippen LogP contribution >= 0.6 is 0 Å². The minimum Gasteiger partial charge on any atom is -0.381 e. The fraction of sp³-hybridized carbons (Fsp3) is 0.562. The smallest absolute Gasteiger partial charge is 0.381 e. The van der Waals surface area contributed by atoms with Crippen LogP contribution in [0.15, 0.2) is 29.2 Å². The van der Waals surface area contributed by atoms with Crippen molar-refractivity contribution in [2.45, 2.75) is 37.3 Å². The van der Waals surface area contributed by atoms with Crippen molar-refractivity contribution < 1.29 is 31.1 Å². The molecule has 1 rings (SSSR count). The van der Waals surface area contributed by atoms with Crippen LogP contribution in [0, 0.1) is 0 Å². The zero-order valence-corrected chi connectivity index (χ0v) is 15.3. The normalized spacial score (nSPS) is 12.2. The lowest BCUT2D eigenvalue weighted by Gasteiger charge is -2.10. The van der Waals surface area contributed by atoms with Gasteiger partial charge in [0.15, 0.2) is 0 Å². The van der Waals surface area contributed by atoms with Crippen molar-refractivity contribution in [1.82, 2.24) is 10.0 Å². The van der Waals surface area contributed by atoms with Crippen molar-refractivity contribution in [3.8, 4) is 0 Å². The van der Waals surface area contributed by atoms with E-state index in [1.54, 1.807) is 0 Å². The number of amides is 1. The largest absolute Gasteiger partial charge is 0.402 e. The number of nitrogens with one attached hydrogen (secondary N) is 2. The predicted octanol–water partition coefficient (Wildman–Crippen LogP) is 2.46. The summed E-state index contributed by atoms with van der Waals surface area (Å²) in [6, 6.07) is 4.84. The van der Waals surface area contributed by atoms with E-state index in [4.69, 9.17) is 4.74 Å². The van der Waals surface area contributed by atoms with Gasteiger partial charge in [0, 0.05) is 25.3 Å². The summed E-state index contributed by atoms with van der Waals surface area (Å²) in [6.07, 6.45) is -2.06. The molecule has 0 aliphatic heterocycles. The highest BCUT2D eigenvalue weighted by atomic mass is 32.2. The van der Waals surface area contributed by atoms with Crippen LogP contribution in [0.25, 0.3) is 0 Å². The zero-order valence-electron chi connectivity index (χ0n) is 14.4. The molecule has 0 aliphatic carbocycles. The molecule has 0 spiro atoms. The average Bonchev–Trinajstić information content (AvgIpc) is 2.59. The molecular weight excluding hydrogens is 373 g/mol. The van der Waals surface area contributed by atoms with E-state index < -0.39 is 33.5 Å². The van der Waals surface area contributed by atoms with Crippen LogP contribution in [0.4, 0.5) is 13.2 Å². The molecule has 0 heterocycles. The molecule has 0 fully saturated rings. The molecule has 0 unspecified atom stereocenters. The van der Waals surface area contributed by atoms with E-state index in [0.717, 1.165) is 25.0 Å². The van der Waals surface area contributed by atoms with Crippen molar-refractivity contribution in [3.63, 3.8) is 0 Å². The predicted molar refractivity (Wildman–Crippen MR) is 90.4 cm³/mol. The fourth-order valence-corrected chi connectivity index (χ4v) is 2.95. The van der Waals surface area contributed by atoms with Crippen LogP contribution in [-0.2, 0) is 14.8 Å². The third-order valence-electron chi connectivity index (χ3n) is 3.26. The van der Waals surface area contributed by atoms with E-state index >= 15 is 0 Å². The standard InChI is InChI=1S/C16H23F3N2O4S/c1-2-3-9-25-10-5-8-20-15(22)13-6-4-7-14(11-13)26(23,24)21-12-16(17,18)19/h4,6-7,11,21H,2-3,5,8-10,12H2,1H3,(H,20,22). The molecule has 0 aromatic heterocycles. The lowest BCUT2D eigenvalue weighted by molar-refractivity contribution is -0.121. The number of unbranched alkanes of at least 4 members (excludes halogenated alkanes) is 1. The molecule has 0 saturated carbocycles. The molecular formula is C16H23F3N2O4S. The van der Waals surface area contributed by atoms with Crippen molar-refractivity contribution in [3.05, 3.63) is 29.8 Å². The summed E-state index contributed by atoms with van der Waals surface area (Å²) in [5.41, 5.74) is 0.0479. The van der Waals surface area contributed by atoms with E-state index in [-0.39, 0.29) is 5.56 Å². The van der Waals surface area contributed by atoms with E-state index in [0.29, 0.717) is 26.2 Å². The van der Waals surface area contributed by atoms with Gasteiger partial charge in [0.05, 0.1) is 4.90 Å². The average molecular weight is 396 g/mol. The van der Waals surface area contributed by atoms with Crippen molar-refractivity contribution >= 4 is 15.9 Å². The van der Waals surface area contributed by atoms with E-state index in [2.05, 4.69) is 12.2 Å². The summed E-state index contributed by atoms with van der Waals surface area (Å²) in [4.78, 5) is 11.6. The highest BCUT2D eigenvalue weighted by Crippen LogP contribution is 2.16. The topological polar surface area (TPSA) is 84.5 Å². The molecule has 1 amide bonds. The first-order valence-electron chi connectivity index (χ1n) is 8.18. The SMILES string of the molecule is CCCCOCCCNC(=O)c1cccc(S(=O)(=O)NCC(F)(F)F)c1. The van der Waals surface area contributed by atoms with Gasteiger partial charge >= 0.3 is 6.18 Å². The number of hydrogen-bond acceptors (Lipinski definition) is 4. The highest BCUT2D eigenvalue weighted by Gasteiger charge is 2.30. The molecule has 0 atom stereocenters. The Balaban J connectivity index is 2.56. The van der Waals surface area contributed by atoms with Gasteiger partial charge in [-0.2, -0.15) is 13.2 Å². The maximum absolute atomic E-state index is 12.2. The summed E-state index contributed by atoms with van der Waals surface area (Å²) in [7, 11) is -4.36. The van der Waals surface area contributed by atoms with Crippen LogP contribution in [0.5, 0.6) is 0 Å². The molecule has 2 N–H and O–H groups in total. The molecule has 0 bridgehead atoms. The van der Waals surface area contributed by atoms with Crippen LogP contribution < -0.4 is 10.0 Å². The Hall–Kier alpha value is -1.65. The van der Waals surface area contributed by atoms with E-state index in [1.807, 2.05) is 0 Å². The number of halogens is 3.